The molecule has 1 unspecified atom stereocenters. The van der Waals surface area contributed by atoms with Gasteiger partial charge in [0.2, 0.25) is 5.91 Å². The molecule has 1 amide bonds. The van der Waals surface area contributed by atoms with Gasteiger partial charge in [-0.1, -0.05) is 0 Å². The van der Waals surface area contributed by atoms with Gasteiger partial charge in [0, 0.05) is 19.6 Å². The molecule has 2 N–H and O–H groups in total. The molecule has 1 aliphatic carbocycles. The molecule has 1 heterocycles. The van der Waals surface area contributed by atoms with E-state index >= 15 is 0 Å². The van der Waals surface area contributed by atoms with E-state index in [9.17, 15) is 9.59 Å². The van der Waals surface area contributed by atoms with Crippen molar-refractivity contribution in [2.75, 3.05) is 13.2 Å². The molecule has 0 aromatic rings. The zero-order valence-corrected chi connectivity index (χ0v) is 12.7. The number of carbonyl (C=O) groups excluding carboxylic acids is 1. The average molecular weight is 297 g/mol. The first-order valence-corrected chi connectivity index (χ1v) is 8.26. The van der Waals surface area contributed by atoms with Crippen LogP contribution in [0.1, 0.15) is 57.8 Å². The van der Waals surface area contributed by atoms with Gasteiger partial charge in [-0.25, -0.2) is 0 Å². The second-order valence-corrected chi connectivity index (χ2v) is 6.39. The highest BCUT2D eigenvalue weighted by Gasteiger charge is 2.26. The molecule has 1 saturated heterocycles. The van der Waals surface area contributed by atoms with Crippen LogP contribution in [0.5, 0.6) is 0 Å². The van der Waals surface area contributed by atoms with Crippen molar-refractivity contribution in [1.82, 2.24) is 5.32 Å². The SMILES string of the molecule is O=C(CCC1CCCCO1)NCC1CCC(C(=O)O)CC1. The van der Waals surface area contributed by atoms with Crippen LogP contribution in [0.15, 0.2) is 0 Å². The minimum Gasteiger partial charge on any atom is -0.481 e. The summed E-state index contributed by atoms with van der Waals surface area (Å²) in [5.41, 5.74) is 0. The molecular weight excluding hydrogens is 270 g/mol. The summed E-state index contributed by atoms with van der Waals surface area (Å²) in [7, 11) is 0. The Balaban J connectivity index is 1.55. The monoisotopic (exact) mass is 297 g/mol. The Morgan fingerprint density at radius 1 is 1.10 bits per heavy atom. The van der Waals surface area contributed by atoms with Gasteiger partial charge in [0.15, 0.2) is 0 Å². The lowest BCUT2D eigenvalue weighted by Gasteiger charge is -2.26. The van der Waals surface area contributed by atoms with Crippen LogP contribution in [-0.2, 0) is 14.3 Å². The van der Waals surface area contributed by atoms with Gasteiger partial charge < -0.3 is 15.2 Å². The van der Waals surface area contributed by atoms with Crippen LogP contribution in [0.2, 0.25) is 0 Å². The molecule has 2 rings (SSSR count). The molecule has 0 radical (unpaired) electrons. The first-order valence-electron chi connectivity index (χ1n) is 8.26. The number of rotatable bonds is 6. The third-order valence-corrected chi connectivity index (χ3v) is 4.75. The van der Waals surface area contributed by atoms with E-state index in [4.69, 9.17) is 9.84 Å². The van der Waals surface area contributed by atoms with Crippen molar-refractivity contribution in [3.05, 3.63) is 0 Å². The number of carboxylic acid groups (broad SMARTS) is 1. The Hall–Kier alpha value is -1.10. The summed E-state index contributed by atoms with van der Waals surface area (Å²) >= 11 is 0. The minimum absolute atomic E-state index is 0.101. The Morgan fingerprint density at radius 3 is 2.48 bits per heavy atom. The third kappa shape index (κ3) is 5.65. The van der Waals surface area contributed by atoms with Crippen molar-refractivity contribution >= 4 is 11.9 Å². The molecule has 5 nitrogen and oxygen atoms in total. The zero-order chi connectivity index (χ0) is 15.1. The quantitative estimate of drug-likeness (QED) is 0.789. The Kier molecular flexibility index (Phi) is 6.49. The van der Waals surface area contributed by atoms with E-state index in [1.54, 1.807) is 0 Å². The number of amides is 1. The standard InChI is InChI=1S/C16H27NO4/c18-15(9-8-14-3-1-2-10-21-14)17-11-12-4-6-13(7-5-12)16(19)20/h12-14H,1-11H2,(H,17,18)(H,19,20). The molecule has 0 aromatic carbocycles. The third-order valence-electron chi connectivity index (χ3n) is 4.75. The molecule has 120 valence electrons. The van der Waals surface area contributed by atoms with E-state index in [0.717, 1.165) is 51.6 Å². The summed E-state index contributed by atoms with van der Waals surface area (Å²) in [6.45, 7) is 1.52. The van der Waals surface area contributed by atoms with Crippen LogP contribution in [-0.4, -0.2) is 36.2 Å². The lowest BCUT2D eigenvalue weighted by atomic mass is 9.82. The molecule has 2 fully saturated rings. The fourth-order valence-corrected chi connectivity index (χ4v) is 3.29. The van der Waals surface area contributed by atoms with Gasteiger partial charge in [0.05, 0.1) is 12.0 Å². The van der Waals surface area contributed by atoms with E-state index < -0.39 is 5.97 Å². The molecule has 0 spiro atoms. The minimum atomic E-state index is -0.676. The Morgan fingerprint density at radius 2 is 1.86 bits per heavy atom. The number of hydrogen-bond donors (Lipinski definition) is 2. The van der Waals surface area contributed by atoms with Gasteiger partial charge in [-0.05, 0) is 57.3 Å². The van der Waals surface area contributed by atoms with Gasteiger partial charge in [0.25, 0.3) is 0 Å². The number of carbonyl (C=O) groups is 2. The molecule has 0 aromatic heterocycles. The van der Waals surface area contributed by atoms with Crippen molar-refractivity contribution in [1.29, 1.82) is 0 Å². The van der Waals surface area contributed by atoms with Crippen molar-refractivity contribution in [2.24, 2.45) is 11.8 Å². The molecule has 0 bridgehead atoms. The average Bonchev–Trinajstić information content (AvgIpc) is 2.52. The highest BCUT2D eigenvalue weighted by Crippen LogP contribution is 2.28. The van der Waals surface area contributed by atoms with Gasteiger partial charge in [-0.3, -0.25) is 9.59 Å². The number of nitrogens with one attached hydrogen (secondary N) is 1. The first-order chi connectivity index (χ1) is 10.1. The highest BCUT2D eigenvalue weighted by atomic mass is 16.5. The Bertz CT molecular complexity index is 344. The van der Waals surface area contributed by atoms with E-state index in [1.807, 2.05) is 0 Å². The van der Waals surface area contributed by atoms with Crippen LogP contribution < -0.4 is 5.32 Å². The molecule has 1 saturated carbocycles. The number of hydrogen-bond acceptors (Lipinski definition) is 3. The zero-order valence-electron chi connectivity index (χ0n) is 12.7. The maximum absolute atomic E-state index is 11.8. The fraction of sp³-hybridized carbons (Fsp3) is 0.875. The van der Waals surface area contributed by atoms with Gasteiger partial charge in [0.1, 0.15) is 0 Å². The van der Waals surface area contributed by atoms with Crippen LogP contribution in [0.25, 0.3) is 0 Å². The largest absolute Gasteiger partial charge is 0.481 e. The second kappa shape index (κ2) is 8.37. The van der Waals surface area contributed by atoms with E-state index in [1.165, 1.54) is 6.42 Å². The van der Waals surface area contributed by atoms with Crippen molar-refractivity contribution in [3.63, 3.8) is 0 Å². The molecular formula is C16H27NO4. The summed E-state index contributed by atoms with van der Waals surface area (Å²) < 4.78 is 5.62. The maximum Gasteiger partial charge on any atom is 0.306 e. The molecule has 21 heavy (non-hydrogen) atoms. The topological polar surface area (TPSA) is 75.6 Å². The summed E-state index contributed by atoms with van der Waals surface area (Å²) in [4.78, 5) is 22.7. The predicted molar refractivity (Wildman–Crippen MR) is 78.9 cm³/mol. The van der Waals surface area contributed by atoms with Gasteiger partial charge in [-0.2, -0.15) is 0 Å². The lowest BCUT2D eigenvalue weighted by Crippen LogP contribution is -2.33. The second-order valence-electron chi connectivity index (χ2n) is 6.39. The summed E-state index contributed by atoms with van der Waals surface area (Å²) in [6.07, 6.45) is 8.33. The van der Waals surface area contributed by atoms with Crippen molar-refractivity contribution in [2.45, 2.75) is 63.9 Å². The molecule has 1 atom stereocenters. The normalized spacial score (nSPS) is 29.8. The summed E-state index contributed by atoms with van der Waals surface area (Å²) in [5, 5.41) is 11.9. The molecule has 5 heteroatoms. The van der Waals surface area contributed by atoms with Gasteiger partial charge in [-0.15, -0.1) is 0 Å². The van der Waals surface area contributed by atoms with Crippen LogP contribution in [0.3, 0.4) is 0 Å². The van der Waals surface area contributed by atoms with E-state index in [2.05, 4.69) is 5.32 Å². The number of carboxylic acids is 1. The summed E-state index contributed by atoms with van der Waals surface area (Å²) in [6, 6.07) is 0. The molecule has 1 aliphatic heterocycles. The maximum atomic E-state index is 11.8. The predicted octanol–water partition coefficient (Wildman–Crippen LogP) is 2.34. The van der Waals surface area contributed by atoms with E-state index in [0.29, 0.717) is 18.9 Å². The van der Waals surface area contributed by atoms with Gasteiger partial charge >= 0.3 is 5.97 Å². The van der Waals surface area contributed by atoms with Crippen LogP contribution >= 0.6 is 0 Å². The Labute approximate surface area is 126 Å². The fourth-order valence-electron chi connectivity index (χ4n) is 3.29. The van der Waals surface area contributed by atoms with E-state index in [-0.39, 0.29) is 17.9 Å². The first kappa shape index (κ1) is 16.3. The number of ether oxygens (including phenoxy) is 1. The highest BCUT2D eigenvalue weighted by molar-refractivity contribution is 5.75. The molecule has 2 aliphatic rings. The lowest BCUT2D eigenvalue weighted by molar-refractivity contribution is -0.143. The van der Waals surface area contributed by atoms with Crippen molar-refractivity contribution < 1.29 is 19.4 Å². The number of aliphatic carboxylic acids is 1. The van der Waals surface area contributed by atoms with Crippen LogP contribution in [0.4, 0.5) is 0 Å². The smallest absolute Gasteiger partial charge is 0.306 e. The van der Waals surface area contributed by atoms with Crippen LogP contribution in [0, 0.1) is 11.8 Å². The van der Waals surface area contributed by atoms with Crippen molar-refractivity contribution in [3.8, 4) is 0 Å². The summed E-state index contributed by atoms with van der Waals surface area (Å²) in [5.74, 6) is -0.314.